The first kappa shape index (κ1) is 16.6. The van der Waals surface area contributed by atoms with Crippen molar-refractivity contribution in [2.24, 2.45) is 0 Å². The van der Waals surface area contributed by atoms with Crippen LogP contribution in [0.15, 0.2) is 48.5 Å². The predicted octanol–water partition coefficient (Wildman–Crippen LogP) is 6.27. The molecule has 0 N–H and O–H groups in total. The van der Waals surface area contributed by atoms with E-state index in [4.69, 9.17) is 0 Å². The van der Waals surface area contributed by atoms with Gasteiger partial charge in [0.1, 0.15) is 0 Å². The molecule has 0 aliphatic heterocycles. The largest absolute Gasteiger partial charge is 0.342 e. The third-order valence-corrected chi connectivity index (χ3v) is 4.23. The molecule has 0 heterocycles. The van der Waals surface area contributed by atoms with Gasteiger partial charge in [0.05, 0.1) is 0 Å². The molecule has 0 aromatic heterocycles. The topological polar surface area (TPSA) is 3.24 Å². The van der Waals surface area contributed by atoms with Crippen molar-refractivity contribution < 1.29 is 0 Å². The van der Waals surface area contributed by atoms with Gasteiger partial charge in [0.2, 0.25) is 0 Å². The van der Waals surface area contributed by atoms with Crippen molar-refractivity contribution in [1.82, 2.24) is 0 Å². The van der Waals surface area contributed by atoms with Crippen LogP contribution < -0.4 is 4.90 Å². The van der Waals surface area contributed by atoms with Crippen LogP contribution in [0.25, 0.3) is 0 Å². The third kappa shape index (κ3) is 3.71. The van der Waals surface area contributed by atoms with Gasteiger partial charge < -0.3 is 4.90 Å². The molecule has 22 heavy (non-hydrogen) atoms. The Labute approximate surface area is 136 Å². The zero-order valence-corrected chi connectivity index (χ0v) is 14.9. The van der Waals surface area contributed by atoms with E-state index < -0.39 is 0 Å². The van der Waals surface area contributed by atoms with Gasteiger partial charge in [-0.25, -0.2) is 0 Å². The Morgan fingerprint density at radius 1 is 0.818 bits per heavy atom. The second kappa shape index (κ2) is 6.56. The van der Waals surface area contributed by atoms with Gasteiger partial charge in [0.25, 0.3) is 0 Å². The van der Waals surface area contributed by atoms with E-state index in [0.29, 0.717) is 5.92 Å². The van der Waals surface area contributed by atoms with E-state index in [1.165, 1.54) is 22.5 Å². The monoisotopic (exact) mass is 295 g/mol. The zero-order valence-electron chi connectivity index (χ0n) is 14.9. The number of rotatable bonds is 4. The Balaban J connectivity index is 2.28. The first-order valence-corrected chi connectivity index (χ1v) is 8.31. The molecule has 2 rings (SSSR count). The van der Waals surface area contributed by atoms with Crippen LogP contribution in [0.2, 0.25) is 0 Å². The average molecular weight is 295 g/mol. The van der Waals surface area contributed by atoms with E-state index in [1.54, 1.807) is 0 Å². The van der Waals surface area contributed by atoms with Crippen LogP contribution in [-0.2, 0) is 5.41 Å². The molecule has 0 atom stereocenters. The lowest BCUT2D eigenvalue weighted by atomic mass is 9.87. The van der Waals surface area contributed by atoms with Crippen molar-refractivity contribution in [1.29, 1.82) is 0 Å². The minimum atomic E-state index is 0.203. The minimum Gasteiger partial charge on any atom is -0.342 e. The summed E-state index contributed by atoms with van der Waals surface area (Å²) in [6.07, 6.45) is 0. The number of anilines is 2. The summed E-state index contributed by atoms with van der Waals surface area (Å²) >= 11 is 0. The third-order valence-electron chi connectivity index (χ3n) is 4.23. The Kier molecular flexibility index (Phi) is 4.95. The Hall–Kier alpha value is -1.76. The molecule has 0 radical (unpaired) electrons. The highest BCUT2D eigenvalue weighted by Gasteiger charge is 2.14. The fourth-order valence-corrected chi connectivity index (χ4v) is 2.69. The maximum absolute atomic E-state index is 2.36. The van der Waals surface area contributed by atoms with Crippen molar-refractivity contribution in [3.8, 4) is 0 Å². The standard InChI is InChI=1S/C21H29N/c1-7-22(19-12-8-17(9-13-19)16(2)3)20-14-10-18(11-15-20)21(4,5)6/h8-16H,7H2,1-6H3. The van der Waals surface area contributed by atoms with Gasteiger partial charge in [-0.15, -0.1) is 0 Å². The second-order valence-electron chi connectivity index (χ2n) is 7.29. The summed E-state index contributed by atoms with van der Waals surface area (Å²) in [5.41, 5.74) is 5.49. The maximum atomic E-state index is 2.36. The second-order valence-corrected chi connectivity index (χ2v) is 7.29. The fraction of sp³-hybridized carbons (Fsp3) is 0.429. The summed E-state index contributed by atoms with van der Waals surface area (Å²) in [7, 11) is 0. The van der Waals surface area contributed by atoms with E-state index in [1.807, 2.05) is 0 Å². The van der Waals surface area contributed by atoms with Crippen LogP contribution in [0.4, 0.5) is 11.4 Å². The lowest BCUT2D eigenvalue weighted by Crippen LogP contribution is -2.17. The lowest BCUT2D eigenvalue weighted by Gasteiger charge is -2.25. The lowest BCUT2D eigenvalue weighted by molar-refractivity contribution is 0.590. The molecule has 0 saturated carbocycles. The maximum Gasteiger partial charge on any atom is 0.0410 e. The molecule has 0 amide bonds. The van der Waals surface area contributed by atoms with Crippen LogP contribution >= 0.6 is 0 Å². The van der Waals surface area contributed by atoms with Gasteiger partial charge in [-0.3, -0.25) is 0 Å². The van der Waals surface area contributed by atoms with Crippen molar-refractivity contribution in [3.63, 3.8) is 0 Å². The smallest absolute Gasteiger partial charge is 0.0410 e. The number of benzene rings is 2. The Morgan fingerprint density at radius 2 is 1.27 bits per heavy atom. The SMILES string of the molecule is CCN(c1ccc(C(C)C)cc1)c1ccc(C(C)(C)C)cc1. The molecule has 0 aliphatic carbocycles. The van der Waals surface area contributed by atoms with Gasteiger partial charge >= 0.3 is 0 Å². The number of hydrogen-bond acceptors (Lipinski definition) is 1. The normalized spacial score (nSPS) is 11.8. The van der Waals surface area contributed by atoms with Gasteiger partial charge in [0.15, 0.2) is 0 Å². The van der Waals surface area contributed by atoms with Gasteiger partial charge in [-0.05, 0) is 53.6 Å². The fourth-order valence-electron chi connectivity index (χ4n) is 2.69. The highest BCUT2D eigenvalue weighted by atomic mass is 15.1. The van der Waals surface area contributed by atoms with Gasteiger partial charge in [-0.1, -0.05) is 58.9 Å². The van der Waals surface area contributed by atoms with E-state index in [9.17, 15) is 0 Å². The van der Waals surface area contributed by atoms with Crippen LogP contribution in [0, 0.1) is 0 Å². The summed E-state index contributed by atoms with van der Waals surface area (Å²) in [5, 5.41) is 0. The molecule has 1 heteroatoms. The molecule has 2 aromatic rings. The first-order chi connectivity index (χ1) is 10.3. The molecule has 0 unspecified atom stereocenters. The van der Waals surface area contributed by atoms with Gasteiger partial charge in [-0.2, -0.15) is 0 Å². The molecule has 118 valence electrons. The molecular formula is C21H29N. The summed E-state index contributed by atoms with van der Waals surface area (Å²) in [5.74, 6) is 0.579. The molecule has 0 bridgehead atoms. The number of nitrogens with zero attached hydrogens (tertiary/aromatic N) is 1. The summed E-state index contributed by atoms with van der Waals surface area (Å²) < 4.78 is 0. The van der Waals surface area contributed by atoms with Crippen molar-refractivity contribution in [2.75, 3.05) is 11.4 Å². The molecule has 0 saturated heterocycles. The summed E-state index contributed by atoms with van der Waals surface area (Å²) in [6.45, 7) is 14.4. The van der Waals surface area contributed by atoms with Crippen LogP contribution in [0.5, 0.6) is 0 Å². The molecule has 0 aliphatic rings. The minimum absolute atomic E-state index is 0.203. The predicted molar refractivity (Wildman–Crippen MR) is 98.4 cm³/mol. The average Bonchev–Trinajstić information content (AvgIpc) is 2.48. The molecule has 2 aromatic carbocycles. The molecular weight excluding hydrogens is 266 g/mol. The van der Waals surface area contributed by atoms with E-state index >= 15 is 0 Å². The highest BCUT2D eigenvalue weighted by molar-refractivity contribution is 5.63. The van der Waals surface area contributed by atoms with E-state index in [2.05, 4.69) is 95.0 Å². The summed E-state index contributed by atoms with van der Waals surface area (Å²) in [6, 6.07) is 17.9. The van der Waals surface area contributed by atoms with Crippen molar-refractivity contribution in [2.45, 2.75) is 52.9 Å². The van der Waals surface area contributed by atoms with E-state index in [0.717, 1.165) is 6.54 Å². The highest BCUT2D eigenvalue weighted by Crippen LogP contribution is 2.29. The zero-order chi connectivity index (χ0) is 16.3. The Morgan fingerprint density at radius 3 is 1.64 bits per heavy atom. The molecule has 0 spiro atoms. The molecule has 1 nitrogen and oxygen atoms in total. The van der Waals surface area contributed by atoms with Gasteiger partial charge in [0, 0.05) is 17.9 Å². The summed E-state index contributed by atoms with van der Waals surface area (Å²) in [4.78, 5) is 2.36. The van der Waals surface area contributed by atoms with Crippen LogP contribution in [-0.4, -0.2) is 6.54 Å². The quantitative estimate of drug-likeness (QED) is 0.643. The first-order valence-electron chi connectivity index (χ1n) is 8.31. The van der Waals surface area contributed by atoms with Crippen molar-refractivity contribution >= 4 is 11.4 Å². The molecule has 0 fully saturated rings. The number of hydrogen-bond donors (Lipinski definition) is 0. The van der Waals surface area contributed by atoms with Crippen LogP contribution in [0.3, 0.4) is 0 Å². The Bertz CT molecular complexity index is 585. The van der Waals surface area contributed by atoms with Crippen molar-refractivity contribution in [3.05, 3.63) is 59.7 Å². The van der Waals surface area contributed by atoms with E-state index in [-0.39, 0.29) is 5.41 Å². The van der Waals surface area contributed by atoms with Crippen LogP contribution in [0.1, 0.15) is 58.6 Å².